The minimum absolute atomic E-state index is 0.372. The van der Waals surface area contributed by atoms with Crippen molar-refractivity contribution in [3.05, 3.63) is 30.4 Å². The first-order valence-corrected chi connectivity index (χ1v) is 6.96. The number of hydrogen-bond donors (Lipinski definition) is 1. The maximum Gasteiger partial charge on any atom is 0.0830 e. The van der Waals surface area contributed by atoms with Crippen molar-refractivity contribution in [2.24, 2.45) is 0 Å². The van der Waals surface area contributed by atoms with Gasteiger partial charge in [0, 0.05) is 38.1 Å². The van der Waals surface area contributed by atoms with Crippen molar-refractivity contribution < 1.29 is 0 Å². The highest BCUT2D eigenvalue weighted by Crippen LogP contribution is 2.24. The Morgan fingerprint density at radius 1 is 1.40 bits per heavy atom. The summed E-state index contributed by atoms with van der Waals surface area (Å²) in [5.74, 6) is 0. The van der Waals surface area contributed by atoms with Crippen molar-refractivity contribution in [1.82, 2.24) is 35.0 Å². The molecule has 7 heteroatoms. The molecule has 0 radical (unpaired) electrons. The minimum Gasteiger partial charge on any atom is -0.303 e. The number of nitrogens with zero attached hydrogens (tertiary/aromatic N) is 6. The summed E-state index contributed by atoms with van der Waals surface area (Å²) in [5.41, 5.74) is 1.26. The molecule has 0 unspecified atom stereocenters. The van der Waals surface area contributed by atoms with E-state index in [0.29, 0.717) is 12.1 Å². The van der Waals surface area contributed by atoms with Gasteiger partial charge in [-0.25, -0.2) is 4.68 Å². The van der Waals surface area contributed by atoms with Crippen molar-refractivity contribution in [2.75, 3.05) is 33.7 Å². The van der Waals surface area contributed by atoms with Crippen molar-refractivity contribution >= 4 is 0 Å². The number of rotatable bonds is 5. The first kappa shape index (κ1) is 13.3. The van der Waals surface area contributed by atoms with Gasteiger partial charge in [0.1, 0.15) is 0 Å². The van der Waals surface area contributed by atoms with Crippen LogP contribution in [0.15, 0.2) is 24.8 Å². The summed E-state index contributed by atoms with van der Waals surface area (Å²) in [6.07, 6.45) is 8.60. The van der Waals surface area contributed by atoms with E-state index in [2.05, 4.69) is 44.4 Å². The van der Waals surface area contributed by atoms with E-state index in [-0.39, 0.29) is 0 Å². The Balaban J connectivity index is 1.64. The second-order valence-corrected chi connectivity index (χ2v) is 5.60. The molecule has 2 aromatic rings. The standard InChI is InChI=1S/C13H21N7/c1-18(2)12-9-19(5-3-11-7-15-16-8-11)10-13(12)20-6-4-14-17-20/h4,6-8,12-13H,3,5,9-10H2,1-2H3,(H,15,16)/t12-,13+/m1/s1. The van der Waals surface area contributed by atoms with E-state index in [4.69, 9.17) is 0 Å². The second kappa shape index (κ2) is 5.72. The molecule has 108 valence electrons. The molecule has 0 aliphatic carbocycles. The zero-order valence-electron chi connectivity index (χ0n) is 12.0. The van der Waals surface area contributed by atoms with E-state index < -0.39 is 0 Å². The maximum atomic E-state index is 4.17. The highest BCUT2D eigenvalue weighted by molar-refractivity contribution is 5.03. The monoisotopic (exact) mass is 275 g/mol. The molecule has 0 aromatic carbocycles. The van der Waals surface area contributed by atoms with Gasteiger partial charge in [-0.3, -0.25) is 10.00 Å². The van der Waals surface area contributed by atoms with Crippen LogP contribution in [-0.2, 0) is 6.42 Å². The van der Waals surface area contributed by atoms with Crippen LogP contribution in [0, 0.1) is 0 Å². The summed E-state index contributed by atoms with van der Waals surface area (Å²) in [7, 11) is 4.27. The number of likely N-dealkylation sites (tertiary alicyclic amines) is 1. The van der Waals surface area contributed by atoms with Crippen LogP contribution >= 0.6 is 0 Å². The maximum absolute atomic E-state index is 4.17. The molecular weight excluding hydrogens is 254 g/mol. The number of nitrogens with one attached hydrogen (secondary N) is 1. The molecule has 7 nitrogen and oxygen atoms in total. The molecule has 1 N–H and O–H groups in total. The molecule has 3 heterocycles. The largest absolute Gasteiger partial charge is 0.303 e. The molecule has 0 bridgehead atoms. The van der Waals surface area contributed by atoms with Crippen LogP contribution in [0.4, 0.5) is 0 Å². The van der Waals surface area contributed by atoms with Crippen molar-refractivity contribution in [3.8, 4) is 0 Å². The van der Waals surface area contributed by atoms with Crippen LogP contribution in [0.25, 0.3) is 0 Å². The predicted octanol–water partition coefficient (Wildman–Crippen LogP) is 0.0308. The van der Waals surface area contributed by atoms with Crippen molar-refractivity contribution in [2.45, 2.75) is 18.5 Å². The molecule has 2 atom stereocenters. The van der Waals surface area contributed by atoms with Crippen LogP contribution in [0.5, 0.6) is 0 Å². The molecule has 3 rings (SSSR count). The van der Waals surface area contributed by atoms with Gasteiger partial charge >= 0.3 is 0 Å². The lowest BCUT2D eigenvalue weighted by Gasteiger charge is -2.24. The summed E-state index contributed by atoms with van der Waals surface area (Å²) in [6, 6.07) is 0.845. The molecule has 0 spiro atoms. The Morgan fingerprint density at radius 2 is 2.30 bits per heavy atom. The first-order chi connectivity index (χ1) is 9.74. The van der Waals surface area contributed by atoms with Crippen LogP contribution in [0.1, 0.15) is 11.6 Å². The topological polar surface area (TPSA) is 65.9 Å². The summed E-state index contributed by atoms with van der Waals surface area (Å²) < 4.78 is 1.99. The number of aromatic amines is 1. The Bertz CT molecular complexity index is 505. The van der Waals surface area contributed by atoms with E-state index in [1.54, 1.807) is 6.20 Å². The Morgan fingerprint density at radius 3 is 2.95 bits per heavy atom. The molecule has 20 heavy (non-hydrogen) atoms. The molecular formula is C13H21N7. The van der Waals surface area contributed by atoms with Crippen LogP contribution in [-0.4, -0.2) is 74.8 Å². The molecule has 2 aromatic heterocycles. The van der Waals surface area contributed by atoms with E-state index in [9.17, 15) is 0 Å². The fourth-order valence-electron chi connectivity index (χ4n) is 2.89. The molecule has 0 saturated carbocycles. The Labute approximate surface area is 118 Å². The lowest BCUT2D eigenvalue weighted by atomic mass is 10.1. The molecule has 1 aliphatic rings. The van der Waals surface area contributed by atoms with Gasteiger partial charge in [-0.05, 0) is 26.1 Å². The average Bonchev–Trinajstić information content (AvgIpc) is 3.17. The smallest absolute Gasteiger partial charge is 0.0830 e. The van der Waals surface area contributed by atoms with E-state index >= 15 is 0 Å². The quantitative estimate of drug-likeness (QED) is 0.834. The minimum atomic E-state index is 0.372. The number of likely N-dealkylation sites (N-methyl/N-ethyl adjacent to an activating group) is 1. The van der Waals surface area contributed by atoms with Gasteiger partial charge in [0.25, 0.3) is 0 Å². The normalized spacial score (nSPS) is 23.8. The fraction of sp³-hybridized carbons (Fsp3) is 0.615. The zero-order chi connectivity index (χ0) is 13.9. The molecule has 1 fully saturated rings. The first-order valence-electron chi connectivity index (χ1n) is 6.96. The summed E-state index contributed by atoms with van der Waals surface area (Å²) in [5, 5.41) is 15.0. The van der Waals surface area contributed by atoms with Gasteiger partial charge in [0.2, 0.25) is 0 Å². The number of aromatic nitrogens is 5. The van der Waals surface area contributed by atoms with Crippen LogP contribution in [0.3, 0.4) is 0 Å². The number of H-pyrrole nitrogens is 1. The van der Waals surface area contributed by atoms with Crippen LogP contribution in [0.2, 0.25) is 0 Å². The third-order valence-electron chi connectivity index (χ3n) is 4.05. The van der Waals surface area contributed by atoms with Gasteiger partial charge in [-0.15, -0.1) is 5.10 Å². The lowest BCUT2D eigenvalue weighted by molar-refractivity contribution is 0.238. The lowest BCUT2D eigenvalue weighted by Crippen LogP contribution is -2.36. The summed E-state index contributed by atoms with van der Waals surface area (Å²) >= 11 is 0. The van der Waals surface area contributed by atoms with Crippen LogP contribution < -0.4 is 0 Å². The highest BCUT2D eigenvalue weighted by atomic mass is 15.5. The van der Waals surface area contributed by atoms with Gasteiger partial charge in [-0.2, -0.15) is 5.10 Å². The van der Waals surface area contributed by atoms with Gasteiger partial charge in [0.15, 0.2) is 0 Å². The summed E-state index contributed by atoms with van der Waals surface area (Å²) in [6.45, 7) is 3.13. The van der Waals surface area contributed by atoms with Gasteiger partial charge < -0.3 is 4.90 Å². The SMILES string of the molecule is CN(C)[C@@H]1CN(CCc2cn[nH]c2)C[C@@H]1n1ccnn1. The molecule has 0 amide bonds. The number of hydrogen-bond acceptors (Lipinski definition) is 5. The summed E-state index contributed by atoms with van der Waals surface area (Å²) in [4.78, 5) is 4.77. The predicted molar refractivity (Wildman–Crippen MR) is 75.3 cm³/mol. The second-order valence-electron chi connectivity index (χ2n) is 5.60. The third kappa shape index (κ3) is 2.73. The molecule has 1 saturated heterocycles. The van der Waals surface area contributed by atoms with Crippen molar-refractivity contribution in [3.63, 3.8) is 0 Å². The van der Waals surface area contributed by atoms with Gasteiger partial charge in [-0.1, -0.05) is 5.21 Å². The average molecular weight is 275 g/mol. The highest BCUT2D eigenvalue weighted by Gasteiger charge is 2.35. The van der Waals surface area contributed by atoms with E-state index in [1.807, 2.05) is 23.3 Å². The molecule has 1 aliphatic heterocycles. The van der Waals surface area contributed by atoms with Gasteiger partial charge in [0.05, 0.1) is 18.4 Å². The van der Waals surface area contributed by atoms with E-state index in [1.165, 1.54) is 5.56 Å². The van der Waals surface area contributed by atoms with Crippen molar-refractivity contribution in [1.29, 1.82) is 0 Å². The fourth-order valence-corrected chi connectivity index (χ4v) is 2.89. The Kier molecular flexibility index (Phi) is 3.79. The van der Waals surface area contributed by atoms with E-state index in [0.717, 1.165) is 26.1 Å². The third-order valence-corrected chi connectivity index (χ3v) is 4.05. The zero-order valence-corrected chi connectivity index (χ0v) is 12.0. The Hall–Kier alpha value is -1.73.